The molecule has 0 saturated heterocycles. The highest BCUT2D eigenvalue weighted by atomic mass is 32.1. The number of nitrogens with zero attached hydrogens (tertiary/aromatic N) is 1. The molecule has 0 radical (unpaired) electrons. The quantitative estimate of drug-likeness (QED) is 0.738. The van der Waals surface area contributed by atoms with Gasteiger partial charge in [0, 0.05) is 5.38 Å². The standard InChI is InChI=1S/C9H15N3O2S/c1-6(2)4-14-12-8(13)3-7-5-15-9(10)11-7/h5-6H,3-4H2,1-2H3,(H2,10,11)(H,12,13). The number of nitrogens with one attached hydrogen (secondary N) is 1. The summed E-state index contributed by atoms with van der Waals surface area (Å²) in [6.07, 6.45) is 0.200. The number of nitrogens with two attached hydrogens (primary N) is 1. The van der Waals surface area contributed by atoms with E-state index in [9.17, 15) is 4.79 Å². The van der Waals surface area contributed by atoms with E-state index in [0.29, 0.717) is 23.4 Å². The van der Waals surface area contributed by atoms with E-state index < -0.39 is 0 Å². The van der Waals surface area contributed by atoms with Crippen LogP contribution in [-0.2, 0) is 16.1 Å². The van der Waals surface area contributed by atoms with Gasteiger partial charge in [0.05, 0.1) is 18.7 Å². The van der Waals surface area contributed by atoms with Gasteiger partial charge in [0.1, 0.15) is 0 Å². The third-order valence-corrected chi connectivity index (χ3v) is 2.24. The molecule has 0 aromatic carbocycles. The van der Waals surface area contributed by atoms with E-state index in [-0.39, 0.29) is 12.3 Å². The summed E-state index contributed by atoms with van der Waals surface area (Å²) in [5, 5.41) is 2.23. The van der Waals surface area contributed by atoms with Crippen molar-refractivity contribution in [3.8, 4) is 0 Å². The summed E-state index contributed by atoms with van der Waals surface area (Å²) < 4.78 is 0. The minimum Gasteiger partial charge on any atom is -0.375 e. The van der Waals surface area contributed by atoms with E-state index in [1.54, 1.807) is 5.38 Å². The van der Waals surface area contributed by atoms with Crippen molar-refractivity contribution in [2.45, 2.75) is 20.3 Å². The van der Waals surface area contributed by atoms with Crippen LogP contribution in [-0.4, -0.2) is 17.5 Å². The maximum Gasteiger partial charge on any atom is 0.249 e. The molecule has 84 valence electrons. The summed E-state index contributed by atoms with van der Waals surface area (Å²) in [6, 6.07) is 0. The topological polar surface area (TPSA) is 77.2 Å². The number of hydrogen-bond donors (Lipinski definition) is 2. The highest BCUT2D eigenvalue weighted by Gasteiger charge is 2.06. The molecular formula is C9H15N3O2S. The molecule has 0 spiro atoms. The van der Waals surface area contributed by atoms with E-state index in [0.717, 1.165) is 0 Å². The van der Waals surface area contributed by atoms with Crippen molar-refractivity contribution >= 4 is 22.4 Å². The lowest BCUT2D eigenvalue weighted by Crippen LogP contribution is -2.27. The SMILES string of the molecule is CC(C)CONC(=O)Cc1csc(N)n1. The van der Waals surface area contributed by atoms with Crippen molar-refractivity contribution in [1.29, 1.82) is 0 Å². The third kappa shape index (κ3) is 4.75. The van der Waals surface area contributed by atoms with Gasteiger partial charge in [-0.15, -0.1) is 11.3 Å². The lowest BCUT2D eigenvalue weighted by atomic mass is 10.2. The zero-order chi connectivity index (χ0) is 11.3. The molecule has 1 heterocycles. The van der Waals surface area contributed by atoms with Crippen molar-refractivity contribution in [2.24, 2.45) is 5.92 Å². The molecule has 15 heavy (non-hydrogen) atoms. The molecule has 5 nitrogen and oxygen atoms in total. The number of carbonyl (C=O) groups is 1. The van der Waals surface area contributed by atoms with Crippen molar-refractivity contribution in [1.82, 2.24) is 10.5 Å². The molecule has 1 amide bonds. The molecule has 0 unspecified atom stereocenters. The Labute approximate surface area is 92.6 Å². The number of thiazole rings is 1. The molecule has 0 saturated carbocycles. The first-order valence-corrected chi connectivity index (χ1v) is 5.56. The van der Waals surface area contributed by atoms with Crippen LogP contribution in [0, 0.1) is 5.92 Å². The Morgan fingerprint density at radius 3 is 3.00 bits per heavy atom. The first-order chi connectivity index (χ1) is 7.08. The van der Waals surface area contributed by atoms with Crippen LogP contribution in [0.25, 0.3) is 0 Å². The zero-order valence-corrected chi connectivity index (χ0v) is 9.63. The Morgan fingerprint density at radius 2 is 2.47 bits per heavy atom. The van der Waals surface area contributed by atoms with E-state index >= 15 is 0 Å². The van der Waals surface area contributed by atoms with Crippen molar-refractivity contribution < 1.29 is 9.63 Å². The van der Waals surface area contributed by atoms with Gasteiger partial charge in [0.2, 0.25) is 5.91 Å². The van der Waals surface area contributed by atoms with Gasteiger partial charge in [0.15, 0.2) is 5.13 Å². The number of anilines is 1. The number of hydrogen-bond acceptors (Lipinski definition) is 5. The summed E-state index contributed by atoms with van der Waals surface area (Å²) in [5.41, 5.74) is 8.46. The number of rotatable bonds is 5. The second-order valence-electron chi connectivity index (χ2n) is 3.58. The van der Waals surface area contributed by atoms with Gasteiger partial charge in [-0.25, -0.2) is 10.5 Å². The molecule has 0 bridgehead atoms. The average Bonchev–Trinajstić information content (AvgIpc) is 2.50. The van der Waals surface area contributed by atoms with Crippen LogP contribution in [0.5, 0.6) is 0 Å². The van der Waals surface area contributed by atoms with Gasteiger partial charge >= 0.3 is 0 Å². The Bertz CT molecular complexity index is 325. The van der Waals surface area contributed by atoms with Crippen LogP contribution in [0.2, 0.25) is 0 Å². The largest absolute Gasteiger partial charge is 0.375 e. The number of hydroxylamine groups is 1. The number of aromatic nitrogens is 1. The first kappa shape index (κ1) is 11.9. The molecule has 1 rings (SSSR count). The zero-order valence-electron chi connectivity index (χ0n) is 8.82. The first-order valence-electron chi connectivity index (χ1n) is 4.68. The van der Waals surface area contributed by atoms with E-state index in [4.69, 9.17) is 10.6 Å². The molecular weight excluding hydrogens is 214 g/mol. The van der Waals surface area contributed by atoms with Gasteiger partial charge in [-0.1, -0.05) is 13.8 Å². The number of amides is 1. The molecule has 0 fully saturated rings. The lowest BCUT2D eigenvalue weighted by molar-refractivity contribution is -0.133. The molecule has 0 aliphatic carbocycles. The van der Waals surface area contributed by atoms with Gasteiger partial charge in [-0.05, 0) is 5.92 Å². The fourth-order valence-corrected chi connectivity index (χ4v) is 1.46. The Hall–Kier alpha value is -1.14. The number of nitrogen functional groups attached to an aromatic ring is 1. The van der Waals surface area contributed by atoms with Crippen molar-refractivity contribution in [2.75, 3.05) is 12.3 Å². The Balaban J connectivity index is 2.24. The van der Waals surface area contributed by atoms with Crippen LogP contribution in [0.15, 0.2) is 5.38 Å². The smallest absolute Gasteiger partial charge is 0.249 e. The average molecular weight is 229 g/mol. The molecule has 0 atom stereocenters. The second kappa shape index (κ2) is 5.67. The number of carbonyl (C=O) groups excluding carboxylic acids is 1. The normalized spacial score (nSPS) is 10.6. The van der Waals surface area contributed by atoms with Gasteiger partial charge in [0.25, 0.3) is 0 Å². The van der Waals surface area contributed by atoms with E-state index in [1.807, 2.05) is 13.8 Å². The monoisotopic (exact) mass is 229 g/mol. The summed E-state index contributed by atoms with van der Waals surface area (Å²) in [6.45, 7) is 4.52. The predicted molar refractivity (Wildman–Crippen MR) is 59.2 cm³/mol. The van der Waals surface area contributed by atoms with Gasteiger partial charge in [-0.3, -0.25) is 9.63 Å². The lowest BCUT2D eigenvalue weighted by Gasteiger charge is -2.06. The maximum atomic E-state index is 11.3. The molecule has 3 N–H and O–H groups in total. The Kier molecular flexibility index (Phi) is 4.51. The molecule has 1 aromatic rings. The van der Waals surface area contributed by atoms with Crippen molar-refractivity contribution in [3.63, 3.8) is 0 Å². The molecule has 0 aliphatic rings. The fourth-order valence-electron chi connectivity index (χ4n) is 0.893. The van der Waals surface area contributed by atoms with Crippen LogP contribution < -0.4 is 11.2 Å². The molecule has 0 aliphatic heterocycles. The van der Waals surface area contributed by atoms with E-state index in [2.05, 4.69) is 10.5 Å². The predicted octanol–water partition coefficient (Wildman–Crippen LogP) is 0.972. The van der Waals surface area contributed by atoms with Gasteiger partial charge in [-0.2, -0.15) is 0 Å². The minimum atomic E-state index is -0.207. The summed E-state index contributed by atoms with van der Waals surface area (Å²) >= 11 is 1.32. The van der Waals surface area contributed by atoms with Gasteiger partial charge < -0.3 is 5.73 Å². The van der Waals surface area contributed by atoms with Crippen molar-refractivity contribution in [3.05, 3.63) is 11.1 Å². The maximum absolute atomic E-state index is 11.3. The van der Waals surface area contributed by atoms with Crippen LogP contribution >= 0.6 is 11.3 Å². The second-order valence-corrected chi connectivity index (χ2v) is 4.47. The fraction of sp³-hybridized carbons (Fsp3) is 0.556. The Morgan fingerprint density at radius 1 is 1.73 bits per heavy atom. The van der Waals surface area contributed by atoms with Crippen LogP contribution in [0.4, 0.5) is 5.13 Å². The molecule has 1 aromatic heterocycles. The summed E-state index contributed by atoms with van der Waals surface area (Å²) in [5.74, 6) is 0.182. The summed E-state index contributed by atoms with van der Waals surface area (Å²) in [7, 11) is 0. The highest BCUT2D eigenvalue weighted by molar-refractivity contribution is 7.13. The minimum absolute atomic E-state index is 0.200. The summed E-state index contributed by atoms with van der Waals surface area (Å²) in [4.78, 5) is 20.2. The van der Waals surface area contributed by atoms with Crippen LogP contribution in [0.3, 0.4) is 0 Å². The van der Waals surface area contributed by atoms with Crippen LogP contribution in [0.1, 0.15) is 19.5 Å². The molecule has 6 heteroatoms. The van der Waals surface area contributed by atoms with E-state index in [1.165, 1.54) is 11.3 Å². The highest BCUT2D eigenvalue weighted by Crippen LogP contribution is 2.11. The third-order valence-electron chi connectivity index (χ3n) is 1.51.